The lowest BCUT2D eigenvalue weighted by molar-refractivity contribution is -0.138. The molecule has 5 nitrogen and oxygen atoms in total. The zero-order chi connectivity index (χ0) is 14.5. The quantitative estimate of drug-likeness (QED) is 0.702. The minimum Gasteiger partial charge on any atom is -0.480 e. The van der Waals surface area contributed by atoms with Crippen LogP contribution in [0.4, 0.5) is 5.69 Å². The van der Waals surface area contributed by atoms with Crippen LogP contribution in [-0.4, -0.2) is 41.5 Å². The summed E-state index contributed by atoms with van der Waals surface area (Å²) in [6.07, 6.45) is 2.27. The number of rotatable bonds is 7. The van der Waals surface area contributed by atoms with Crippen LogP contribution in [0.15, 0.2) is 24.3 Å². The van der Waals surface area contributed by atoms with Gasteiger partial charge in [0.25, 0.3) is 0 Å². The molecule has 0 aliphatic heterocycles. The first kappa shape index (κ1) is 15.2. The first-order valence-corrected chi connectivity index (χ1v) is 7.61. The number of carboxylic acids is 1. The molecule has 108 valence electrons. The van der Waals surface area contributed by atoms with Crippen LogP contribution in [-0.2, 0) is 9.59 Å². The van der Waals surface area contributed by atoms with E-state index < -0.39 is 5.97 Å². The fourth-order valence-corrected chi connectivity index (χ4v) is 2.52. The van der Waals surface area contributed by atoms with Gasteiger partial charge in [0, 0.05) is 10.1 Å². The molecule has 6 heteroatoms. The minimum absolute atomic E-state index is 0.0875. The SMILES string of the molecule is O=C(O)CN(CC(=O)Nc1ccccc1I)CC1CC1. The summed E-state index contributed by atoms with van der Waals surface area (Å²) in [5.41, 5.74) is 0.764. The summed E-state index contributed by atoms with van der Waals surface area (Å²) in [7, 11) is 0. The molecule has 20 heavy (non-hydrogen) atoms. The van der Waals surface area contributed by atoms with Gasteiger partial charge < -0.3 is 10.4 Å². The van der Waals surface area contributed by atoms with Crippen LogP contribution in [0.2, 0.25) is 0 Å². The van der Waals surface area contributed by atoms with Crippen molar-refractivity contribution in [2.75, 3.05) is 25.0 Å². The third-order valence-electron chi connectivity index (χ3n) is 3.09. The van der Waals surface area contributed by atoms with Gasteiger partial charge in [-0.3, -0.25) is 14.5 Å². The Balaban J connectivity index is 1.90. The number of para-hydroxylation sites is 1. The maximum atomic E-state index is 12.0. The molecule has 1 aliphatic rings. The number of carbonyl (C=O) groups excluding carboxylic acids is 1. The van der Waals surface area contributed by atoms with E-state index in [1.807, 2.05) is 24.3 Å². The molecule has 0 bridgehead atoms. The van der Waals surface area contributed by atoms with E-state index in [0.29, 0.717) is 12.5 Å². The molecular weight excluding hydrogens is 371 g/mol. The van der Waals surface area contributed by atoms with Gasteiger partial charge >= 0.3 is 5.97 Å². The van der Waals surface area contributed by atoms with Crippen LogP contribution >= 0.6 is 22.6 Å². The molecule has 0 heterocycles. The molecule has 0 atom stereocenters. The largest absolute Gasteiger partial charge is 0.480 e. The number of carbonyl (C=O) groups is 2. The Morgan fingerprint density at radius 3 is 2.60 bits per heavy atom. The second kappa shape index (κ2) is 7.03. The number of anilines is 1. The molecule has 1 aromatic carbocycles. The molecule has 0 spiro atoms. The van der Waals surface area contributed by atoms with E-state index in [0.717, 1.165) is 22.1 Å². The normalized spacial score (nSPS) is 14.3. The molecule has 1 fully saturated rings. The first-order chi connectivity index (χ1) is 9.54. The lowest BCUT2D eigenvalue weighted by Gasteiger charge is -2.19. The first-order valence-electron chi connectivity index (χ1n) is 6.53. The molecule has 1 amide bonds. The smallest absolute Gasteiger partial charge is 0.317 e. The van der Waals surface area contributed by atoms with Gasteiger partial charge in [-0.2, -0.15) is 0 Å². The minimum atomic E-state index is -0.896. The maximum Gasteiger partial charge on any atom is 0.317 e. The van der Waals surface area contributed by atoms with Crippen molar-refractivity contribution >= 4 is 40.2 Å². The van der Waals surface area contributed by atoms with Crippen LogP contribution in [0.1, 0.15) is 12.8 Å². The highest BCUT2D eigenvalue weighted by atomic mass is 127. The van der Waals surface area contributed by atoms with Crippen molar-refractivity contribution in [2.24, 2.45) is 5.92 Å². The van der Waals surface area contributed by atoms with Gasteiger partial charge in [-0.15, -0.1) is 0 Å². The van der Waals surface area contributed by atoms with E-state index >= 15 is 0 Å². The third kappa shape index (κ3) is 5.09. The number of halogens is 1. The average Bonchev–Trinajstić information content (AvgIpc) is 3.15. The highest BCUT2D eigenvalue weighted by molar-refractivity contribution is 14.1. The van der Waals surface area contributed by atoms with Crippen LogP contribution in [0.5, 0.6) is 0 Å². The molecule has 2 N–H and O–H groups in total. The van der Waals surface area contributed by atoms with Gasteiger partial charge in [0.15, 0.2) is 0 Å². The van der Waals surface area contributed by atoms with Crippen molar-refractivity contribution in [3.05, 3.63) is 27.8 Å². The lowest BCUT2D eigenvalue weighted by atomic mass is 10.3. The van der Waals surface area contributed by atoms with Crippen molar-refractivity contribution in [3.8, 4) is 0 Å². The summed E-state index contributed by atoms with van der Waals surface area (Å²) in [6.45, 7) is 0.717. The molecule has 0 unspecified atom stereocenters. The molecular formula is C14H17IN2O3. The van der Waals surface area contributed by atoms with Gasteiger partial charge in [-0.1, -0.05) is 12.1 Å². The Morgan fingerprint density at radius 2 is 2.00 bits per heavy atom. The maximum absolute atomic E-state index is 12.0. The number of benzene rings is 1. The highest BCUT2D eigenvalue weighted by Gasteiger charge is 2.26. The molecule has 0 radical (unpaired) electrons. The van der Waals surface area contributed by atoms with Gasteiger partial charge in [0.05, 0.1) is 18.8 Å². The number of nitrogens with one attached hydrogen (secondary N) is 1. The monoisotopic (exact) mass is 388 g/mol. The summed E-state index contributed by atoms with van der Waals surface area (Å²) in [4.78, 5) is 24.5. The fraction of sp³-hybridized carbons (Fsp3) is 0.429. The Labute approximate surface area is 131 Å². The number of hydrogen-bond donors (Lipinski definition) is 2. The summed E-state index contributed by atoms with van der Waals surface area (Å²) in [5.74, 6) is -0.511. The van der Waals surface area contributed by atoms with Crippen LogP contribution in [0.3, 0.4) is 0 Å². The lowest BCUT2D eigenvalue weighted by Crippen LogP contribution is -2.38. The summed E-state index contributed by atoms with van der Waals surface area (Å²) >= 11 is 2.15. The molecule has 0 saturated heterocycles. The number of aliphatic carboxylic acids is 1. The highest BCUT2D eigenvalue weighted by Crippen LogP contribution is 2.29. The van der Waals surface area contributed by atoms with E-state index in [2.05, 4.69) is 27.9 Å². The Bertz CT molecular complexity index is 503. The van der Waals surface area contributed by atoms with Gasteiger partial charge in [-0.25, -0.2) is 0 Å². The zero-order valence-electron chi connectivity index (χ0n) is 11.0. The predicted molar refractivity (Wildman–Crippen MR) is 84.6 cm³/mol. The summed E-state index contributed by atoms with van der Waals surface area (Å²) < 4.78 is 0.963. The van der Waals surface area contributed by atoms with E-state index in [-0.39, 0.29) is 19.0 Å². The topological polar surface area (TPSA) is 69.6 Å². The van der Waals surface area contributed by atoms with Crippen molar-refractivity contribution < 1.29 is 14.7 Å². The molecule has 2 rings (SSSR count). The van der Waals surface area contributed by atoms with Gasteiger partial charge in [0.1, 0.15) is 0 Å². The van der Waals surface area contributed by atoms with Crippen molar-refractivity contribution in [3.63, 3.8) is 0 Å². The van der Waals surface area contributed by atoms with Gasteiger partial charge in [0.2, 0.25) is 5.91 Å². The fourth-order valence-electron chi connectivity index (χ4n) is 2.00. The average molecular weight is 388 g/mol. The van der Waals surface area contributed by atoms with Crippen molar-refractivity contribution in [2.45, 2.75) is 12.8 Å². The number of amides is 1. The van der Waals surface area contributed by atoms with Gasteiger partial charge in [-0.05, 0) is 53.5 Å². The Hall–Kier alpha value is -1.15. The van der Waals surface area contributed by atoms with Crippen LogP contribution in [0.25, 0.3) is 0 Å². The second-order valence-corrected chi connectivity index (χ2v) is 6.20. The molecule has 1 saturated carbocycles. The Kier molecular flexibility index (Phi) is 5.36. The third-order valence-corrected chi connectivity index (χ3v) is 4.03. The summed E-state index contributed by atoms with van der Waals surface area (Å²) in [6, 6.07) is 7.51. The van der Waals surface area contributed by atoms with E-state index in [1.165, 1.54) is 0 Å². The number of nitrogens with zero attached hydrogens (tertiary/aromatic N) is 1. The van der Waals surface area contributed by atoms with E-state index in [9.17, 15) is 9.59 Å². The summed E-state index contributed by atoms with van der Waals surface area (Å²) in [5, 5.41) is 11.7. The van der Waals surface area contributed by atoms with Crippen molar-refractivity contribution in [1.29, 1.82) is 0 Å². The predicted octanol–water partition coefficient (Wildman–Crippen LogP) is 2.03. The second-order valence-electron chi connectivity index (χ2n) is 5.03. The standard InChI is InChI=1S/C14H17IN2O3/c15-11-3-1-2-4-12(11)16-13(18)8-17(9-14(19)20)7-10-5-6-10/h1-4,10H,5-9H2,(H,16,18)(H,19,20). The van der Waals surface area contributed by atoms with E-state index in [4.69, 9.17) is 5.11 Å². The van der Waals surface area contributed by atoms with Crippen LogP contribution in [0, 0.1) is 9.49 Å². The Morgan fingerprint density at radius 1 is 1.30 bits per heavy atom. The molecule has 1 aromatic rings. The number of carboxylic acid groups (broad SMARTS) is 1. The van der Waals surface area contributed by atoms with Crippen molar-refractivity contribution in [1.82, 2.24) is 4.90 Å². The van der Waals surface area contributed by atoms with Crippen LogP contribution < -0.4 is 5.32 Å². The zero-order valence-corrected chi connectivity index (χ0v) is 13.2. The molecule has 1 aliphatic carbocycles. The number of hydrogen-bond acceptors (Lipinski definition) is 3. The van der Waals surface area contributed by atoms with E-state index in [1.54, 1.807) is 4.90 Å². The molecule has 0 aromatic heterocycles.